The van der Waals surface area contributed by atoms with Crippen molar-refractivity contribution in [1.82, 2.24) is 25.4 Å². The zero-order valence-electron chi connectivity index (χ0n) is 16.2. The number of rotatable bonds is 5. The number of benzene rings is 1. The van der Waals surface area contributed by atoms with Crippen molar-refractivity contribution >= 4 is 5.96 Å². The van der Waals surface area contributed by atoms with E-state index in [4.69, 9.17) is 4.42 Å². The molecule has 0 aliphatic rings. The van der Waals surface area contributed by atoms with Crippen molar-refractivity contribution in [2.24, 2.45) is 12.0 Å². The molecule has 7 nitrogen and oxygen atoms in total. The Morgan fingerprint density at radius 3 is 2.52 bits per heavy atom. The van der Waals surface area contributed by atoms with Crippen molar-refractivity contribution in [2.45, 2.75) is 26.2 Å². The van der Waals surface area contributed by atoms with Gasteiger partial charge < -0.3 is 15.1 Å². The average molecular weight is 406 g/mol. The van der Waals surface area contributed by atoms with Gasteiger partial charge in [-0.1, -0.05) is 17.7 Å². The molecule has 0 spiro atoms. The Bertz CT molecular complexity index is 988. The van der Waals surface area contributed by atoms with Gasteiger partial charge in [0.15, 0.2) is 11.7 Å². The van der Waals surface area contributed by atoms with Crippen LogP contribution in [0.25, 0.3) is 11.5 Å². The van der Waals surface area contributed by atoms with Crippen LogP contribution in [-0.2, 0) is 26.3 Å². The molecule has 0 unspecified atom stereocenters. The highest BCUT2D eigenvalue weighted by Gasteiger charge is 2.36. The van der Waals surface area contributed by atoms with Crippen LogP contribution < -0.4 is 10.6 Å². The number of nitrogens with zero attached hydrogens (tertiary/aromatic N) is 4. The fourth-order valence-corrected chi connectivity index (χ4v) is 2.70. The van der Waals surface area contributed by atoms with E-state index < -0.39 is 11.9 Å². The summed E-state index contributed by atoms with van der Waals surface area (Å²) in [6.07, 6.45) is -1.66. The minimum atomic E-state index is -4.51. The van der Waals surface area contributed by atoms with Crippen LogP contribution in [0.15, 0.2) is 46.1 Å². The lowest BCUT2D eigenvalue weighted by Gasteiger charge is -2.11. The van der Waals surface area contributed by atoms with Gasteiger partial charge in [-0.15, -0.1) is 0 Å². The van der Waals surface area contributed by atoms with Crippen LogP contribution in [0.1, 0.15) is 22.5 Å². The van der Waals surface area contributed by atoms with Crippen molar-refractivity contribution in [3.8, 4) is 11.5 Å². The van der Waals surface area contributed by atoms with E-state index in [1.165, 1.54) is 26.6 Å². The lowest BCUT2D eigenvalue weighted by atomic mass is 10.1. The van der Waals surface area contributed by atoms with Gasteiger partial charge in [0.1, 0.15) is 6.26 Å². The SMILES string of the molecule is CN=C(NCc1coc(-c2ccc(C)cc2)n1)NCc1cn(C)nc1C(F)(F)F. The predicted molar refractivity (Wildman–Crippen MR) is 102 cm³/mol. The summed E-state index contributed by atoms with van der Waals surface area (Å²) in [4.78, 5) is 8.43. The maximum atomic E-state index is 13.0. The van der Waals surface area contributed by atoms with Gasteiger partial charge in [-0.2, -0.15) is 18.3 Å². The predicted octanol–water partition coefficient (Wildman–Crippen LogP) is 3.27. The Hall–Kier alpha value is -3.30. The molecule has 0 saturated carbocycles. The van der Waals surface area contributed by atoms with E-state index in [0.717, 1.165) is 15.8 Å². The van der Waals surface area contributed by atoms with Gasteiger partial charge in [-0.05, 0) is 19.1 Å². The zero-order chi connectivity index (χ0) is 21.0. The van der Waals surface area contributed by atoms with Gasteiger partial charge >= 0.3 is 6.18 Å². The number of oxazole rings is 1. The van der Waals surface area contributed by atoms with Gasteiger partial charge in [0.2, 0.25) is 5.89 Å². The third-order valence-electron chi connectivity index (χ3n) is 4.13. The molecule has 2 heterocycles. The summed E-state index contributed by atoms with van der Waals surface area (Å²) >= 11 is 0. The van der Waals surface area contributed by atoms with Gasteiger partial charge in [0, 0.05) is 38.0 Å². The molecule has 0 aliphatic heterocycles. The first-order chi connectivity index (χ1) is 13.8. The van der Waals surface area contributed by atoms with Gasteiger partial charge in [-0.25, -0.2) is 4.98 Å². The van der Waals surface area contributed by atoms with Crippen LogP contribution in [0.4, 0.5) is 13.2 Å². The van der Waals surface area contributed by atoms with Crippen LogP contribution in [0, 0.1) is 6.92 Å². The highest BCUT2D eigenvalue weighted by molar-refractivity contribution is 5.79. The molecule has 0 fully saturated rings. The van der Waals surface area contributed by atoms with Crippen LogP contribution in [0.3, 0.4) is 0 Å². The number of aromatic nitrogens is 3. The summed E-state index contributed by atoms with van der Waals surface area (Å²) in [5.41, 5.74) is 1.76. The molecule has 1 aromatic carbocycles. The standard InChI is InChI=1S/C19H21F3N6O/c1-12-4-6-13(7-5-12)17-26-15(11-29-17)9-25-18(23-2)24-8-14-10-28(3)27-16(14)19(20,21)22/h4-7,10-11H,8-9H2,1-3H3,(H2,23,24,25). The monoisotopic (exact) mass is 406 g/mol. The fraction of sp³-hybridized carbons (Fsp3) is 0.316. The molecule has 0 saturated heterocycles. The summed E-state index contributed by atoms with van der Waals surface area (Å²) in [6.45, 7) is 2.22. The number of nitrogens with one attached hydrogen (secondary N) is 2. The second-order valence-corrected chi connectivity index (χ2v) is 6.46. The van der Waals surface area contributed by atoms with Gasteiger partial charge in [0.05, 0.1) is 12.2 Å². The van der Waals surface area contributed by atoms with E-state index in [0.29, 0.717) is 24.1 Å². The van der Waals surface area contributed by atoms with Crippen molar-refractivity contribution in [3.63, 3.8) is 0 Å². The molecule has 10 heteroatoms. The summed E-state index contributed by atoms with van der Waals surface area (Å²) in [5.74, 6) is 0.830. The second-order valence-electron chi connectivity index (χ2n) is 6.46. The van der Waals surface area contributed by atoms with Crippen LogP contribution in [-0.4, -0.2) is 27.8 Å². The maximum absolute atomic E-state index is 13.0. The molecule has 0 bridgehead atoms. The molecule has 0 atom stereocenters. The number of aryl methyl sites for hydroxylation is 2. The number of hydrogen-bond donors (Lipinski definition) is 2. The second kappa shape index (κ2) is 8.38. The number of hydrogen-bond acceptors (Lipinski definition) is 4. The number of alkyl halides is 3. The highest BCUT2D eigenvalue weighted by Crippen LogP contribution is 2.30. The fourth-order valence-electron chi connectivity index (χ4n) is 2.70. The molecule has 2 aromatic heterocycles. The summed E-state index contributed by atoms with van der Waals surface area (Å²) in [6, 6.07) is 7.78. The van der Waals surface area contributed by atoms with Crippen LogP contribution in [0.2, 0.25) is 0 Å². The number of guanidine groups is 1. The molecule has 3 rings (SSSR count). The first-order valence-electron chi connectivity index (χ1n) is 8.82. The largest absolute Gasteiger partial charge is 0.444 e. The first kappa shape index (κ1) is 20.4. The van der Waals surface area contributed by atoms with E-state index >= 15 is 0 Å². The quantitative estimate of drug-likeness (QED) is 0.502. The lowest BCUT2D eigenvalue weighted by molar-refractivity contribution is -0.142. The van der Waals surface area contributed by atoms with Gasteiger partial charge in [0.25, 0.3) is 0 Å². The minimum Gasteiger partial charge on any atom is -0.444 e. The summed E-state index contributed by atoms with van der Waals surface area (Å²) in [5, 5.41) is 9.34. The Morgan fingerprint density at radius 1 is 1.17 bits per heavy atom. The average Bonchev–Trinajstić information content (AvgIpc) is 3.29. The van der Waals surface area contributed by atoms with E-state index in [1.54, 1.807) is 0 Å². The van der Waals surface area contributed by atoms with E-state index in [-0.39, 0.29) is 12.1 Å². The molecule has 0 radical (unpaired) electrons. The van der Waals surface area contributed by atoms with Crippen LogP contribution in [0.5, 0.6) is 0 Å². The normalized spacial score (nSPS) is 12.3. The third-order valence-corrected chi connectivity index (χ3v) is 4.13. The number of aliphatic imine (C=N–C) groups is 1. The van der Waals surface area contributed by atoms with Crippen molar-refractivity contribution < 1.29 is 17.6 Å². The lowest BCUT2D eigenvalue weighted by Crippen LogP contribution is -2.36. The Morgan fingerprint density at radius 2 is 1.86 bits per heavy atom. The zero-order valence-corrected chi connectivity index (χ0v) is 16.2. The Kier molecular flexibility index (Phi) is 5.90. The van der Waals surface area contributed by atoms with Gasteiger partial charge in [-0.3, -0.25) is 9.67 Å². The van der Waals surface area contributed by atoms with E-state index in [9.17, 15) is 13.2 Å². The third kappa shape index (κ3) is 5.15. The summed E-state index contributed by atoms with van der Waals surface area (Å²) in [7, 11) is 2.98. The van der Waals surface area contributed by atoms with Crippen molar-refractivity contribution in [2.75, 3.05) is 7.05 Å². The minimum absolute atomic E-state index is 0.0334. The molecule has 154 valence electrons. The molecule has 0 amide bonds. The smallest absolute Gasteiger partial charge is 0.435 e. The molecular formula is C19H21F3N6O. The maximum Gasteiger partial charge on any atom is 0.435 e. The molecular weight excluding hydrogens is 385 g/mol. The topological polar surface area (TPSA) is 80.3 Å². The van der Waals surface area contributed by atoms with E-state index in [2.05, 4.69) is 25.7 Å². The van der Waals surface area contributed by atoms with E-state index in [1.807, 2.05) is 31.2 Å². The first-order valence-corrected chi connectivity index (χ1v) is 8.82. The van der Waals surface area contributed by atoms with Crippen molar-refractivity contribution in [3.05, 3.63) is 59.2 Å². The van der Waals surface area contributed by atoms with Crippen LogP contribution >= 0.6 is 0 Å². The highest BCUT2D eigenvalue weighted by atomic mass is 19.4. The number of halogens is 3. The Balaban J connectivity index is 1.59. The molecule has 0 aliphatic carbocycles. The summed E-state index contributed by atoms with van der Waals surface area (Å²) < 4.78 is 45.7. The molecule has 2 N–H and O–H groups in total. The molecule has 3 aromatic rings. The Labute approximate surface area is 165 Å². The van der Waals surface area contributed by atoms with Crippen molar-refractivity contribution in [1.29, 1.82) is 0 Å². The molecule has 29 heavy (non-hydrogen) atoms.